The van der Waals surface area contributed by atoms with Gasteiger partial charge < -0.3 is 69.6 Å². The van der Waals surface area contributed by atoms with Crippen molar-refractivity contribution in [1.82, 2.24) is 0 Å². The summed E-state index contributed by atoms with van der Waals surface area (Å²) in [5.41, 5.74) is 30.4. The number of nitrogens with two attached hydrogens (primary N) is 6. The van der Waals surface area contributed by atoms with Crippen molar-refractivity contribution < 1.29 is 91.5 Å². The van der Waals surface area contributed by atoms with Gasteiger partial charge in [-0.25, -0.2) is 0 Å². The van der Waals surface area contributed by atoms with E-state index in [9.17, 15) is 39.5 Å². The van der Waals surface area contributed by atoms with Gasteiger partial charge in [0.25, 0.3) is 0 Å². The van der Waals surface area contributed by atoms with Crippen molar-refractivity contribution in [2.24, 2.45) is 34.4 Å². The smallest absolute Gasteiger partial charge is 0.542 e. The first kappa shape index (κ1) is 56.3. The van der Waals surface area contributed by atoms with Gasteiger partial charge in [-0.05, 0) is 58.5 Å². The van der Waals surface area contributed by atoms with Crippen LogP contribution in [0.2, 0.25) is 0 Å². The summed E-state index contributed by atoms with van der Waals surface area (Å²) in [4.78, 5) is 26.4. The Bertz CT molecular complexity index is 454. The van der Waals surface area contributed by atoms with Crippen LogP contribution in [0.15, 0.2) is 0 Å². The maximum atomic E-state index is 10.5. The Labute approximate surface area is 221 Å². The van der Waals surface area contributed by atoms with Crippen molar-refractivity contribution in [3.63, 3.8) is 0 Å². The molecular weight excluding hydrogens is 606 g/mol. The Kier molecular flexibility index (Phi) is 51.8. The third-order valence-corrected chi connectivity index (χ3v) is 1.92. The van der Waals surface area contributed by atoms with Crippen molar-refractivity contribution >= 4 is 17.9 Å². The maximum Gasteiger partial charge on any atom is 3.00 e. The number of hydrogen-bond acceptors (Lipinski definition) is 12. The van der Waals surface area contributed by atoms with E-state index in [-0.39, 0.29) is 22.3 Å². The van der Waals surface area contributed by atoms with Gasteiger partial charge in [0.2, 0.25) is 0 Å². The second kappa shape index (κ2) is 35.0. The molecule has 0 radical (unpaired) electrons. The predicted octanol–water partition coefficient (Wildman–Crippen LogP) is -5.05. The van der Waals surface area contributed by atoms with Crippen LogP contribution in [0.3, 0.4) is 0 Å². The van der Waals surface area contributed by atoms with Crippen molar-refractivity contribution in [3.8, 4) is 0 Å². The summed E-state index contributed by atoms with van der Waals surface area (Å²) in [6, 6.07) is 0. The van der Waals surface area contributed by atoms with Crippen LogP contribution in [0, 0.1) is 0 Å². The molecule has 13 nitrogen and oxygen atoms in total. The van der Waals surface area contributed by atoms with Crippen LogP contribution in [0.1, 0.15) is 19.3 Å². The van der Waals surface area contributed by atoms with Crippen LogP contribution in [0.5, 0.6) is 0 Å². The molecular formula is C15H32CoF9N6O7. The number of carbonyl (C=O) groups is 3. The van der Waals surface area contributed by atoms with E-state index in [1.807, 2.05) is 0 Å². The average molecular weight is 638 g/mol. The minimum atomic E-state index is -5.19. The Morgan fingerprint density at radius 3 is 0.526 bits per heavy atom. The Hall–Kier alpha value is -1.99. The fraction of sp³-hybridized carbons (Fsp3) is 0.800. The van der Waals surface area contributed by atoms with Crippen molar-refractivity contribution in [1.29, 1.82) is 0 Å². The Morgan fingerprint density at radius 2 is 0.526 bits per heavy atom. The van der Waals surface area contributed by atoms with Gasteiger partial charge in [0, 0.05) is 0 Å². The summed E-state index contributed by atoms with van der Waals surface area (Å²) in [6.07, 6.45) is -12.8. The number of carboxylic acid groups (broad SMARTS) is 3. The molecule has 0 saturated heterocycles. The van der Waals surface area contributed by atoms with E-state index in [4.69, 9.17) is 64.1 Å². The van der Waals surface area contributed by atoms with E-state index in [1.54, 1.807) is 0 Å². The minimum Gasteiger partial charge on any atom is -0.542 e. The zero-order chi connectivity index (χ0) is 30.6. The molecule has 0 aromatic rings. The number of aliphatic carboxylic acids is 3. The van der Waals surface area contributed by atoms with E-state index in [2.05, 4.69) is 0 Å². The van der Waals surface area contributed by atoms with Gasteiger partial charge >= 0.3 is 35.3 Å². The number of carboxylic acids is 3. The molecule has 0 aliphatic heterocycles. The third-order valence-electron chi connectivity index (χ3n) is 1.92. The second-order valence-electron chi connectivity index (χ2n) is 5.15. The molecule has 0 unspecified atom stereocenters. The first-order chi connectivity index (χ1) is 16.1. The molecule has 0 heterocycles. The molecule has 0 amide bonds. The van der Waals surface area contributed by atoms with Gasteiger partial charge in [0.05, 0.1) is 0 Å². The molecule has 0 fully saturated rings. The van der Waals surface area contributed by atoms with Gasteiger partial charge in [-0.15, -0.1) is 0 Å². The molecule has 0 saturated carbocycles. The normalized spacial score (nSPS) is 9.55. The Morgan fingerprint density at radius 1 is 0.447 bits per heavy atom. The number of alkyl halides is 9. The maximum absolute atomic E-state index is 10.5. The molecule has 0 spiro atoms. The summed E-state index contributed by atoms with van der Waals surface area (Å²) in [6.45, 7) is 4.31. The predicted molar refractivity (Wildman–Crippen MR) is 105 cm³/mol. The van der Waals surface area contributed by atoms with E-state index >= 15 is 0 Å². The summed E-state index contributed by atoms with van der Waals surface area (Å²) in [5.74, 6) is -9.02. The minimum absolute atomic E-state index is 0. The standard InChI is InChI=1S/3C3H10N2.3C2HF3O2.Co.H2O/c3*4-2-1-3-5;3*3-2(4,5)1(6)7;;/h3*1-5H2;3*(H,6,7);;1H2/q;;;;;;+3;/p-3. The first-order valence-corrected chi connectivity index (χ1v) is 9.13. The summed E-state index contributed by atoms with van der Waals surface area (Å²) < 4.78 is 94.6. The van der Waals surface area contributed by atoms with Crippen molar-refractivity contribution in [2.75, 3.05) is 39.3 Å². The molecule has 0 aliphatic rings. The van der Waals surface area contributed by atoms with Gasteiger partial charge in [0.15, 0.2) is 0 Å². The average Bonchev–Trinajstić information content (AvgIpc) is 2.70. The van der Waals surface area contributed by atoms with Crippen LogP contribution < -0.4 is 49.7 Å². The molecule has 0 bridgehead atoms. The molecule has 0 aliphatic carbocycles. The molecule has 0 aromatic heterocycles. The molecule has 236 valence electrons. The van der Waals surface area contributed by atoms with Gasteiger partial charge in [-0.1, -0.05) is 0 Å². The number of carbonyl (C=O) groups excluding carboxylic acids is 3. The molecule has 0 atom stereocenters. The Balaban J connectivity index is -0.0000000472. The summed E-state index contributed by atoms with van der Waals surface area (Å²) in [7, 11) is 0. The van der Waals surface area contributed by atoms with Crippen LogP contribution in [-0.2, 0) is 31.2 Å². The van der Waals surface area contributed by atoms with Crippen LogP contribution in [0.25, 0.3) is 0 Å². The van der Waals surface area contributed by atoms with E-state index in [1.165, 1.54) is 0 Å². The molecule has 0 aromatic carbocycles. The molecule has 23 heteroatoms. The molecule has 38 heavy (non-hydrogen) atoms. The largest absolute Gasteiger partial charge is 3.00 e. The third kappa shape index (κ3) is 76.5. The van der Waals surface area contributed by atoms with Crippen molar-refractivity contribution in [2.45, 2.75) is 37.8 Å². The zero-order valence-electron chi connectivity index (χ0n) is 19.5. The van der Waals surface area contributed by atoms with Crippen LogP contribution >= 0.6 is 0 Å². The van der Waals surface area contributed by atoms with Crippen LogP contribution in [-0.4, -0.2) is 81.2 Å². The first-order valence-electron chi connectivity index (χ1n) is 9.13. The van der Waals surface area contributed by atoms with Gasteiger partial charge in [0.1, 0.15) is 17.9 Å². The van der Waals surface area contributed by atoms with Gasteiger partial charge in [-0.2, -0.15) is 39.5 Å². The number of halogens is 9. The fourth-order valence-corrected chi connectivity index (χ4v) is 0.354. The van der Waals surface area contributed by atoms with E-state index in [0.717, 1.165) is 58.5 Å². The molecule has 14 N–H and O–H groups in total. The topological polar surface area (TPSA) is 308 Å². The fourth-order valence-electron chi connectivity index (χ4n) is 0.354. The van der Waals surface area contributed by atoms with E-state index < -0.39 is 36.4 Å². The van der Waals surface area contributed by atoms with Gasteiger partial charge in [-0.3, -0.25) is 0 Å². The van der Waals surface area contributed by atoms with E-state index in [0.29, 0.717) is 0 Å². The number of hydrogen-bond donors (Lipinski definition) is 6. The zero-order valence-corrected chi connectivity index (χ0v) is 20.6. The second-order valence-corrected chi connectivity index (χ2v) is 5.15. The number of rotatable bonds is 6. The monoisotopic (exact) mass is 638 g/mol. The molecule has 0 rings (SSSR count). The summed E-state index contributed by atoms with van der Waals surface area (Å²) in [5, 5.41) is 26.4. The quantitative estimate of drug-likeness (QED) is 0.149. The van der Waals surface area contributed by atoms with Crippen molar-refractivity contribution in [3.05, 3.63) is 0 Å². The van der Waals surface area contributed by atoms with Crippen LogP contribution in [0.4, 0.5) is 39.5 Å². The SMILES string of the molecule is NCCCN.NCCCN.NCCCN.O.O=C([O-])C(F)(F)F.O=C([O-])C(F)(F)F.O=C([O-])C(F)(F)F.[Co+3]. The summed E-state index contributed by atoms with van der Waals surface area (Å²) >= 11 is 0.